The van der Waals surface area contributed by atoms with Gasteiger partial charge in [0.1, 0.15) is 5.75 Å². The molecular formula is C22H32O2. The Morgan fingerprint density at radius 3 is 2.67 bits per heavy atom. The number of carbonyl (C=O) groups is 1. The second-order valence-corrected chi connectivity index (χ2v) is 6.99. The predicted octanol–water partition coefficient (Wildman–Crippen LogP) is 6.46. The maximum absolute atomic E-state index is 11.8. The Morgan fingerprint density at radius 1 is 1.12 bits per heavy atom. The van der Waals surface area contributed by atoms with Crippen molar-refractivity contribution in [1.29, 1.82) is 0 Å². The van der Waals surface area contributed by atoms with Crippen LogP contribution in [0, 0.1) is 5.92 Å². The molecule has 0 saturated carbocycles. The molecule has 2 heteroatoms. The number of carbonyl (C=O) groups excluding carboxylic acids is 1. The number of rotatable bonds is 10. The minimum absolute atomic E-state index is 0.119. The number of hydrogen-bond acceptors (Lipinski definition) is 2. The van der Waals surface area contributed by atoms with Gasteiger partial charge in [-0.15, -0.1) is 0 Å². The molecule has 0 saturated heterocycles. The quantitative estimate of drug-likeness (QED) is 0.213. The summed E-state index contributed by atoms with van der Waals surface area (Å²) in [4.78, 5) is 11.8. The van der Waals surface area contributed by atoms with E-state index in [-0.39, 0.29) is 5.97 Å². The molecule has 24 heavy (non-hydrogen) atoms. The minimum atomic E-state index is -0.119. The molecule has 0 aromatic heterocycles. The molecule has 0 spiro atoms. The van der Waals surface area contributed by atoms with Crippen LogP contribution < -0.4 is 4.74 Å². The fourth-order valence-electron chi connectivity index (χ4n) is 3.42. The lowest BCUT2D eigenvalue weighted by molar-refractivity contribution is -0.134. The molecular weight excluding hydrogens is 296 g/mol. The number of unbranched alkanes of at least 4 members (excludes halogenated alkanes) is 3. The van der Waals surface area contributed by atoms with E-state index >= 15 is 0 Å². The van der Waals surface area contributed by atoms with Gasteiger partial charge in [-0.3, -0.25) is 4.79 Å². The van der Waals surface area contributed by atoms with Crippen LogP contribution in [0.3, 0.4) is 0 Å². The number of esters is 1. The summed E-state index contributed by atoms with van der Waals surface area (Å²) in [6.07, 6.45) is 15.6. The van der Waals surface area contributed by atoms with E-state index in [1.54, 1.807) is 5.57 Å². The van der Waals surface area contributed by atoms with Gasteiger partial charge in [0.05, 0.1) is 0 Å². The molecule has 0 amide bonds. The Bertz CT molecular complexity index is 504. The maximum Gasteiger partial charge on any atom is 0.311 e. The first-order valence-corrected chi connectivity index (χ1v) is 9.71. The van der Waals surface area contributed by atoms with Crippen molar-refractivity contribution in [3.63, 3.8) is 0 Å². The molecule has 1 aromatic carbocycles. The number of allylic oxidation sites excluding steroid dienone is 2. The monoisotopic (exact) mass is 328 g/mol. The van der Waals surface area contributed by atoms with Crippen LogP contribution in [0.5, 0.6) is 5.75 Å². The Balaban J connectivity index is 1.58. The van der Waals surface area contributed by atoms with Crippen molar-refractivity contribution in [3.05, 3.63) is 42.0 Å². The van der Waals surface area contributed by atoms with Crippen molar-refractivity contribution >= 4 is 5.97 Å². The minimum Gasteiger partial charge on any atom is -0.427 e. The first-order valence-electron chi connectivity index (χ1n) is 9.71. The van der Waals surface area contributed by atoms with Gasteiger partial charge in [-0.2, -0.15) is 0 Å². The summed E-state index contributed by atoms with van der Waals surface area (Å²) in [5, 5.41) is 0. The fraction of sp³-hybridized carbons (Fsp3) is 0.591. The van der Waals surface area contributed by atoms with E-state index in [1.807, 2.05) is 30.3 Å². The SMILES string of the molecule is CCCCCCC1CC=C(CCCC(=O)Oc2ccccc2)CC1. The van der Waals surface area contributed by atoms with Crippen LogP contribution in [-0.4, -0.2) is 5.97 Å². The zero-order valence-corrected chi connectivity index (χ0v) is 15.1. The topological polar surface area (TPSA) is 26.3 Å². The zero-order chi connectivity index (χ0) is 17.0. The average Bonchev–Trinajstić information content (AvgIpc) is 2.61. The van der Waals surface area contributed by atoms with Gasteiger partial charge in [-0.1, -0.05) is 68.9 Å². The number of para-hydroxylation sites is 1. The molecule has 1 aliphatic carbocycles. The van der Waals surface area contributed by atoms with Crippen LogP contribution >= 0.6 is 0 Å². The fourth-order valence-corrected chi connectivity index (χ4v) is 3.42. The molecule has 0 bridgehead atoms. The van der Waals surface area contributed by atoms with Crippen LogP contribution in [-0.2, 0) is 4.79 Å². The Labute approximate surface area is 147 Å². The highest BCUT2D eigenvalue weighted by molar-refractivity contribution is 5.72. The van der Waals surface area contributed by atoms with Crippen LogP contribution in [0.25, 0.3) is 0 Å². The first kappa shape index (κ1) is 18.8. The van der Waals surface area contributed by atoms with Gasteiger partial charge in [0.15, 0.2) is 0 Å². The highest BCUT2D eigenvalue weighted by Gasteiger charge is 2.14. The summed E-state index contributed by atoms with van der Waals surface area (Å²) in [6.45, 7) is 2.27. The molecule has 0 N–H and O–H groups in total. The Morgan fingerprint density at radius 2 is 1.96 bits per heavy atom. The zero-order valence-electron chi connectivity index (χ0n) is 15.1. The summed E-state index contributed by atoms with van der Waals surface area (Å²) in [6, 6.07) is 9.33. The molecule has 1 aromatic rings. The highest BCUT2D eigenvalue weighted by atomic mass is 16.5. The molecule has 0 heterocycles. The van der Waals surface area contributed by atoms with Gasteiger partial charge in [0.2, 0.25) is 0 Å². The third-order valence-electron chi connectivity index (χ3n) is 4.93. The van der Waals surface area contributed by atoms with Gasteiger partial charge in [-0.05, 0) is 50.2 Å². The standard InChI is InChI=1S/C22H32O2/c1-2-3-4-6-10-19-15-17-20(18-16-19)11-9-14-22(23)24-21-12-7-5-8-13-21/h5,7-8,12-13,17,19H,2-4,6,9-11,14-16,18H2,1H3. The molecule has 1 unspecified atom stereocenters. The van der Waals surface area contributed by atoms with Gasteiger partial charge >= 0.3 is 5.97 Å². The predicted molar refractivity (Wildman–Crippen MR) is 100 cm³/mol. The van der Waals surface area contributed by atoms with Crippen molar-refractivity contribution in [2.24, 2.45) is 5.92 Å². The van der Waals surface area contributed by atoms with Crippen LogP contribution in [0.4, 0.5) is 0 Å². The van der Waals surface area contributed by atoms with Crippen LogP contribution in [0.1, 0.15) is 77.6 Å². The normalized spacial score (nSPS) is 17.4. The third-order valence-corrected chi connectivity index (χ3v) is 4.93. The highest BCUT2D eigenvalue weighted by Crippen LogP contribution is 2.30. The van der Waals surface area contributed by atoms with Gasteiger partial charge in [0.25, 0.3) is 0 Å². The second-order valence-electron chi connectivity index (χ2n) is 6.99. The van der Waals surface area contributed by atoms with Gasteiger partial charge in [-0.25, -0.2) is 0 Å². The number of benzene rings is 1. The van der Waals surface area contributed by atoms with E-state index in [9.17, 15) is 4.79 Å². The summed E-state index contributed by atoms with van der Waals surface area (Å²) < 4.78 is 5.33. The second kappa shape index (κ2) is 11.1. The summed E-state index contributed by atoms with van der Waals surface area (Å²) in [5.74, 6) is 1.42. The average molecular weight is 328 g/mol. The first-order chi connectivity index (χ1) is 11.8. The largest absolute Gasteiger partial charge is 0.427 e. The van der Waals surface area contributed by atoms with Crippen molar-refractivity contribution in [1.82, 2.24) is 0 Å². The van der Waals surface area contributed by atoms with Crippen LogP contribution in [0.2, 0.25) is 0 Å². The van der Waals surface area contributed by atoms with E-state index in [4.69, 9.17) is 4.74 Å². The van der Waals surface area contributed by atoms with Crippen molar-refractivity contribution in [2.45, 2.75) is 77.6 Å². The molecule has 1 atom stereocenters. The summed E-state index contributed by atoms with van der Waals surface area (Å²) in [5.41, 5.74) is 1.55. The van der Waals surface area contributed by atoms with Gasteiger partial charge in [0, 0.05) is 6.42 Å². The van der Waals surface area contributed by atoms with Crippen LogP contribution in [0.15, 0.2) is 42.0 Å². The molecule has 2 rings (SSSR count). The summed E-state index contributed by atoms with van der Waals surface area (Å²) >= 11 is 0. The molecule has 0 radical (unpaired) electrons. The smallest absolute Gasteiger partial charge is 0.311 e. The van der Waals surface area contributed by atoms with Gasteiger partial charge < -0.3 is 4.74 Å². The lowest BCUT2D eigenvalue weighted by Crippen LogP contribution is -2.09. The third kappa shape index (κ3) is 7.33. The van der Waals surface area contributed by atoms with Crippen molar-refractivity contribution in [3.8, 4) is 5.75 Å². The molecule has 2 nitrogen and oxygen atoms in total. The molecule has 1 aliphatic rings. The number of ether oxygens (including phenoxy) is 1. The molecule has 0 aliphatic heterocycles. The Kier molecular flexibility index (Phi) is 8.65. The molecule has 132 valence electrons. The lowest BCUT2D eigenvalue weighted by Gasteiger charge is -2.22. The Hall–Kier alpha value is -1.57. The van der Waals surface area contributed by atoms with E-state index in [0.717, 1.165) is 18.8 Å². The number of hydrogen-bond donors (Lipinski definition) is 0. The van der Waals surface area contributed by atoms with E-state index in [1.165, 1.54) is 51.4 Å². The molecule has 0 fully saturated rings. The maximum atomic E-state index is 11.8. The van der Waals surface area contributed by atoms with E-state index < -0.39 is 0 Å². The van der Waals surface area contributed by atoms with Crippen molar-refractivity contribution < 1.29 is 9.53 Å². The van der Waals surface area contributed by atoms with E-state index in [2.05, 4.69) is 13.0 Å². The lowest BCUT2D eigenvalue weighted by atomic mass is 9.84. The van der Waals surface area contributed by atoms with E-state index in [0.29, 0.717) is 12.2 Å². The van der Waals surface area contributed by atoms with Crippen molar-refractivity contribution in [2.75, 3.05) is 0 Å². The summed E-state index contributed by atoms with van der Waals surface area (Å²) in [7, 11) is 0.